The number of halogens is 1. The molecule has 25 heavy (non-hydrogen) atoms. The SMILES string of the molecule is O=C(CNc1nc(-c2ccccc2)no1)N/N=C/c1ccc(Cl)cc1. The summed E-state index contributed by atoms with van der Waals surface area (Å²) in [6.07, 6.45) is 1.52. The van der Waals surface area contributed by atoms with Gasteiger partial charge in [-0.2, -0.15) is 10.1 Å². The number of rotatable bonds is 6. The number of benzene rings is 2. The van der Waals surface area contributed by atoms with E-state index in [0.717, 1.165) is 11.1 Å². The number of anilines is 1. The van der Waals surface area contributed by atoms with Gasteiger partial charge in [-0.05, 0) is 17.7 Å². The smallest absolute Gasteiger partial charge is 0.322 e. The highest BCUT2D eigenvalue weighted by Gasteiger charge is 2.08. The summed E-state index contributed by atoms with van der Waals surface area (Å²) < 4.78 is 5.05. The molecule has 0 aliphatic rings. The lowest BCUT2D eigenvalue weighted by Gasteiger charge is -1.99. The van der Waals surface area contributed by atoms with Crippen LogP contribution in [0.25, 0.3) is 11.4 Å². The Balaban J connectivity index is 1.48. The first kappa shape index (κ1) is 16.7. The fourth-order valence-electron chi connectivity index (χ4n) is 1.92. The summed E-state index contributed by atoms with van der Waals surface area (Å²) in [4.78, 5) is 15.9. The first-order chi connectivity index (χ1) is 12.2. The Bertz CT molecular complexity index is 862. The molecule has 0 aliphatic heterocycles. The minimum absolute atomic E-state index is 0.0472. The molecule has 0 bridgehead atoms. The summed E-state index contributed by atoms with van der Waals surface area (Å²) in [7, 11) is 0. The number of nitrogens with one attached hydrogen (secondary N) is 2. The third-order valence-electron chi connectivity index (χ3n) is 3.13. The van der Waals surface area contributed by atoms with Crippen molar-refractivity contribution in [1.82, 2.24) is 15.6 Å². The Morgan fingerprint density at radius 2 is 1.92 bits per heavy atom. The zero-order chi connectivity index (χ0) is 17.5. The molecule has 2 aromatic carbocycles. The molecule has 0 atom stereocenters. The monoisotopic (exact) mass is 355 g/mol. The minimum Gasteiger partial charge on any atom is -0.329 e. The van der Waals surface area contributed by atoms with Crippen LogP contribution in [0.4, 0.5) is 6.01 Å². The Morgan fingerprint density at radius 1 is 1.16 bits per heavy atom. The molecule has 0 saturated carbocycles. The molecule has 0 aliphatic carbocycles. The largest absolute Gasteiger partial charge is 0.329 e. The maximum atomic E-state index is 11.7. The minimum atomic E-state index is -0.343. The number of hydrazone groups is 1. The Hall–Kier alpha value is -3.19. The number of carbonyl (C=O) groups is 1. The van der Waals surface area contributed by atoms with Crippen molar-refractivity contribution in [3.05, 3.63) is 65.2 Å². The van der Waals surface area contributed by atoms with Crippen LogP contribution in [-0.4, -0.2) is 28.8 Å². The van der Waals surface area contributed by atoms with E-state index >= 15 is 0 Å². The van der Waals surface area contributed by atoms with Gasteiger partial charge in [0.2, 0.25) is 5.82 Å². The summed E-state index contributed by atoms with van der Waals surface area (Å²) in [5.41, 5.74) is 4.05. The highest BCUT2D eigenvalue weighted by atomic mass is 35.5. The molecular weight excluding hydrogens is 342 g/mol. The van der Waals surface area contributed by atoms with Crippen LogP contribution in [-0.2, 0) is 4.79 Å². The zero-order valence-corrected chi connectivity index (χ0v) is 13.8. The van der Waals surface area contributed by atoms with Crippen molar-refractivity contribution in [3.63, 3.8) is 0 Å². The summed E-state index contributed by atoms with van der Waals surface area (Å²) in [5.74, 6) is 0.106. The van der Waals surface area contributed by atoms with Crippen LogP contribution in [0.5, 0.6) is 0 Å². The van der Waals surface area contributed by atoms with Crippen molar-refractivity contribution in [2.45, 2.75) is 0 Å². The maximum absolute atomic E-state index is 11.7. The van der Waals surface area contributed by atoms with Crippen LogP contribution in [0.15, 0.2) is 64.2 Å². The Morgan fingerprint density at radius 3 is 2.68 bits per heavy atom. The predicted octanol–water partition coefficient (Wildman–Crippen LogP) is 2.95. The van der Waals surface area contributed by atoms with E-state index in [1.54, 1.807) is 24.3 Å². The van der Waals surface area contributed by atoms with Gasteiger partial charge in [0.05, 0.1) is 6.21 Å². The number of aromatic nitrogens is 2. The molecule has 3 aromatic rings. The third kappa shape index (κ3) is 4.89. The Kier molecular flexibility index (Phi) is 5.38. The fourth-order valence-corrected chi connectivity index (χ4v) is 2.05. The molecule has 0 fully saturated rings. The van der Waals surface area contributed by atoms with Crippen molar-refractivity contribution in [1.29, 1.82) is 0 Å². The molecule has 1 amide bonds. The van der Waals surface area contributed by atoms with Gasteiger partial charge in [0.25, 0.3) is 5.91 Å². The summed E-state index contributed by atoms with van der Waals surface area (Å²) in [5, 5.41) is 11.1. The van der Waals surface area contributed by atoms with E-state index in [1.165, 1.54) is 6.21 Å². The lowest BCUT2D eigenvalue weighted by molar-refractivity contribution is -0.119. The quantitative estimate of drug-likeness (QED) is 0.524. The van der Waals surface area contributed by atoms with Gasteiger partial charge < -0.3 is 9.84 Å². The van der Waals surface area contributed by atoms with Gasteiger partial charge >= 0.3 is 6.01 Å². The van der Waals surface area contributed by atoms with Gasteiger partial charge in [-0.3, -0.25) is 4.79 Å². The van der Waals surface area contributed by atoms with Crippen molar-refractivity contribution >= 4 is 29.7 Å². The topological polar surface area (TPSA) is 92.4 Å². The van der Waals surface area contributed by atoms with E-state index in [0.29, 0.717) is 10.8 Å². The van der Waals surface area contributed by atoms with Gasteiger partial charge in [-0.25, -0.2) is 5.43 Å². The van der Waals surface area contributed by atoms with E-state index < -0.39 is 0 Å². The second-order valence-electron chi connectivity index (χ2n) is 4.99. The van der Waals surface area contributed by atoms with Crippen molar-refractivity contribution in [3.8, 4) is 11.4 Å². The molecular formula is C17H14ClN5O2. The lowest BCUT2D eigenvalue weighted by Crippen LogP contribution is -2.25. The number of hydrogen-bond acceptors (Lipinski definition) is 6. The van der Waals surface area contributed by atoms with E-state index in [2.05, 4.69) is 26.0 Å². The molecule has 126 valence electrons. The maximum Gasteiger partial charge on any atom is 0.322 e. The van der Waals surface area contributed by atoms with Crippen molar-refractivity contribution in [2.24, 2.45) is 5.10 Å². The molecule has 1 aromatic heterocycles. The molecule has 0 radical (unpaired) electrons. The van der Waals surface area contributed by atoms with Crippen LogP contribution in [0, 0.1) is 0 Å². The van der Waals surface area contributed by atoms with E-state index in [1.807, 2.05) is 30.3 Å². The van der Waals surface area contributed by atoms with Gasteiger partial charge in [0.15, 0.2) is 0 Å². The van der Waals surface area contributed by atoms with E-state index in [4.69, 9.17) is 16.1 Å². The van der Waals surface area contributed by atoms with Crippen LogP contribution in [0.3, 0.4) is 0 Å². The van der Waals surface area contributed by atoms with E-state index in [9.17, 15) is 4.79 Å². The summed E-state index contributed by atoms with van der Waals surface area (Å²) >= 11 is 5.79. The molecule has 0 saturated heterocycles. The van der Waals surface area contributed by atoms with Crippen LogP contribution in [0.2, 0.25) is 5.02 Å². The van der Waals surface area contributed by atoms with Crippen molar-refractivity contribution < 1.29 is 9.32 Å². The number of nitrogens with zero attached hydrogens (tertiary/aromatic N) is 3. The summed E-state index contributed by atoms with van der Waals surface area (Å²) in [6.45, 7) is -0.0472. The van der Waals surface area contributed by atoms with Crippen molar-refractivity contribution in [2.75, 3.05) is 11.9 Å². The molecule has 2 N–H and O–H groups in total. The molecule has 7 nitrogen and oxygen atoms in total. The second kappa shape index (κ2) is 8.07. The highest BCUT2D eigenvalue weighted by Crippen LogP contribution is 2.16. The normalized spacial score (nSPS) is 10.8. The van der Waals surface area contributed by atoms with E-state index in [-0.39, 0.29) is 18.5 Å². The number of carbonyl (C=O) groups excluding carboxylic acids is 1. The third-order valence-corrected chi connectivity index (χ3v) is 3.38. The molecule has 3 rings (SSSR count). The summed E-state index contributed by atoms with van der Waals surface area (Å²) in [6, 6.07) is 16.6. The molecule has 1 heterocycles. The molecule has 0 spiro atoms. The first-order valence-corrected chi connectivity index (χ1v) is 7.79. The lowest BCUT2D eigenvalue weighted by atomic mass is 10.2. The van der Waals surface area contributed by atoms with Gasteiger partial charge in [0, 0.05) is 10.6 Å². The highest BCUT2D eigenvalue weighted by molar-refractivity contribution is 6.30. The predicted molar refractivity (Wildman–Crippen MR) is 95.4 cm³/mol. The first-order valence-electron chi connectivity index (χ1n) is 7.41. The van der Waals surface area contributed by atoms with Crippen LogP contribution < -0.4 is 10.7 Å². The van der Waals surface area contributed by atoms with Gasteiger partial charge in [0.1, 0.15) is 6.54 Å². The van der Waals surface area contributed by atoms with Gasteiger partial charge in [-0.1, -0.05) is 59.2 Å². The molecule has 8 heteroatoms. The average molecular weight is 356 g/mol. The second-order valence-corrected chi connectivity index (χ2v) is 5.42. The number of amides is 1. The Labute approximate surface area is 148 Å². The number of hydrogen-bond donors (Lipinski definition) is 2. The average Bonchev–Trinajstić information content (AvgIpc) is 3.11. The fraction of sp³-hybridized carbons (Fsp3) is 0.0588. The molecule has 0 unspecified atom stereocenters. The van der Waals surface area contributed by atoms with Crippen LogP contribution in [0.1, 0.15) is 5.56 Å². The standard InChI is InChI=1S/C17H14ClN5O2/c18-14-8-6-12(7-9-14)10-20-22-15(24)11-19-17-21-16(23-25-17)13-4-2-1-3-5-13/h1-10H,11H2,(H,22,24)(H,19,21,23)/b20-10+. The zero-order valence-electron chi connectivity index (χ0n) is 13.0. The van der Waals surface area contributed by atoms with Crippen LogP contribution >= 0.6 is 11.6 Å². The van der Waals surface area contributed by atoms with Gasteiger partial charge in [-0.15, -0.1) is 0 Å².